The van der Waals surface area contributed by atoms with Crippen LogP contribution in [0.15, 0.2) is 24.3 Å². The average Bonchev–Trinajstić information content (AvgIpc) is 2.80. The summed E-state index contributed by atoms with van der Waals surface area (Å²) in [5.41, 5.74) is 1.63. The van der Waals surface area contributed by atoms with Crippen LogP contribution in [0.5, 0.6) is 0 Å². The van der Waals surface area contributed by atoms with Gasteiger partial charge in [0.2, 0.25) is 5.91 Å². The maximum Gasteiger partial charge on any atom is 0.296 e. The van der Waals surface area contributed by atoms with Gasteiger partial charge in [-0.05, 0) is 39.2 Å². The molecule has 0 aliphatic rings. The van der Waals surface area contributed by atoms with E-state index in [2.05, 4.69) is 4.98 Å². The van der Waals surface area contributed by atoms with Gasteiger partial charge in [0.25, 0.3) is 5.91 Å². The maximum absolute atomic E-state index is 12.7. The second kappa shape index (κ2) is 6.70. The lowest BCUT2D eigenvalue weighted by atomic mass is 10.3. The lowest BCUT2D eigenvalue weighted by molar-refractivity contribution is -0.126. The van der Waals surface area contributed by atoms with E-state index in [0.29, 0.717) is 12.4 Å². The van der Waals surface area contributed by atoms with Crippen LogP contribution in [0.3, 0.4) is 0 Å². The van der Waals surface area contributed by atoms with Crippen LogP contribution in [-0.4, -0.2) is 58.4 Å². The van der Waals surface area contributed by atoms with Gasteiger partial charge in [0.1, 0.15) is 0 Å². The van der Waals surface area contributed by atoms with Crippen molar-refractivity contribution in [2.45, 2.75) is 13.3 Å². The number of imidazole rings is 1. The standard InChI is InChI=1S/C16H22N4O2/c1-12(21)20(11-7-10-18(2)3)16(22)15-17-13-8-5-6-9-14(13)19(15)4/h5-6,8-9H,7,10-11H2,1-4H3. The van der Waals surface area contributed by atoms with Gasteiger partial charge in [-0.25, -0.2) is 4.98 Å². The Labute approximate surface area is 130 Å². The molecule has 0 spiro atoms. The topological polar surface area (TPSA) is 58.4 Å². The van der Waals surface area contributed by atoms with Crippen molar-refractivity contribution in [3.05, 3.63) is 30.1 Å². The summed E-state index contributed by atoms with van der Waals surface area (Å²) < 4.78 is 1.74. The molecule has 2 rings (SSSR count). The Morgan fingerprint density at radius 2 is 1.86 bits per heavy atom. The number of amides is 2. The Morgan fingerprint density at radius 1 is 1.18 bits per heavy atom. The zero-order valence-electron chi connectivity index (χ0n) is 13.5. The molecule has 0 saturated heterocycles. The van der Waals surface area contributed by atoms with Gasteiger partial charge < -0.3 is 9.47 Å². The number of hydrogen-bond acceptors (Lipinski definition) is 4. The number of hydrogen-bond donors (Lipinski definition) is 0. The van der Waals surface area contributed by atoms with Crippen molar-refractivity contribution >= 4 is 22.8 Å². The molecule has 1 aromatic heterocycles. The van der Waals surface area contributed by atoms with Gasteiger partial charge in [0.05, 0.1) is 11.0 Å². The fourth-order valence-electron chi connectivity index (χ4n) is 2.40. The van der Waals surface area contributed by atoms with Crippen molar-refractivity contribution in [2.75, 3.05) is 27.2 Å². The predicted octanol–water partition coefficient (Wildman–Crippen LogP) is 1.51. The number of benzene rings is 1. The van der Waals surface area contributed by atoms with E-state index >= 15 is 0 Å². The van der Waals surface area contributed by atoms with Crippen LogP contribution in [0, 0.1) is 0 Å². The molecular formula is C16H22N4O2. The van der Waals surface area contributed by atoms with Crippen molar-refractivity contribution in [1.29, 1.82) is 0 Å². The first-order valence-corrected chi connectivity index (χ1v) is 7.30. The third kappa shape index (κ3) is 3.33. The average molecular weight is 302 g/mol. The summed E-state index contributed by atoms with van der Waals surface area (Å²) in [5.74, 6) is -0.304. The van der Waals surface area contributed by atoms with Crippen molar-refractivity contribution in [3.63, 3.8) is 0 Å². The van der Waals surface area contributed by atoms with Gasteiger partial charge in [0, 0.05) is 20.5 Å². The molecule has 0 unspecified atom stereocenters. The molecule has 0 saturated carbocycles. The van der Waals surface area contributed by atoms with Gasteiger partial charge in [-0.2, -0.15) is 0 Å². The van der Waals surface area contributed by atoms with Crippen LogP contribution in [0.25, 0.3) is 11.0 Å². The molecule has 0 aliphatic carbocycles. The van der Waals surface area contributed by atoms with E-state index in [1.165, 1.54) is 11.8 Å². The van der Waals surface area contributed by atoms with Gasteiger partial charge in [0.15, 0.2) is 5.82 Å². The first-order chi connectivity index (χ1) is 10.4. The lowest BCUT2D eigenvalue weighted by Gasteiger charge is -2.19. The molecule has 0 fully saturated rings. The van der Waals surface area contributed by atoms with E-state index in [4.69, 9.17) is 0 Å². The summed E-state index contributed by atoms with van der Waals surface area (Å²) in [5, 5.41) is 0. The molecule has 1 heterocycles. The zero-order valence-corrected chi connectivity index (χ0v) is 13.5. The van der Waals surface area contributed by atoms with Crippen molar-refractivity contribution in [3.8, 4) is 0 Å². The molecule has 1 aromatic carbocycles. The monoisotopic (exact) mass is 302 g/mol. The first kappa shape index (κ1) is 16.2. The fourth-order valence-corrected chi connectivity index (χ4v) is 2.40. The Kier molecular flexibility index (Phi) is 4.92. The van der Waals surface area contributed by atoms with Crippen LogP contribution >= 0.6 is 0 Å². The number of imide groups is 1. The number of nitrogens with zero attached hydrogens (tertiary/aromatic N) is 4. The quantitative estimate of drug-likeness (QED) is 0.840. The Bertz CT molecular complexity index is 691. The van der Waals surface area contributed by atoms with Crippen molar-refractivity contribution < 1.29 is 9.59 Å². The second-order valence-electron chi connectivity index (χ2n) is 5.62. The minimum atomic E-state index is -0.343. The Hall–Kier alpha value is -2.21. The number of carbonyl (C=O) groups excluding carboxylic acids is 2. The molecular weight excluding hydrogens is 280 g/mol. The zero-order chi connectivity index (χ0) is 16.3. The highest BCUT2D eigenvalue weighted by Crippen LogP contribution is 2.16. The molecule has 0 bridgehead atoms. The summed E-state index contributed by atoms with van der Waals surface area (Å²) >= 11 is 0. The van der Waals surface area contributed by atoms with E-state index in [9.17, 15) is 9.59 Å². The molecule has 2 aromatic rings. The molecule has 0 atom stereocenters. The van der Waals surface area contributed by atoms with E-state index in [0.717, 1.165) is 24.0 Å². The van der Waals surface area contributed by atoms with E-state index < -0.39 is 0 Å². The first-order valence-electron chi connectivity index (χ1n) is 7.30. The number of fused-ring (bicyclic) bond motifs is 1. The number of rotatable bonds is 5. The normalized spacial score (nSPS) is 11.1. The highest BCUT2D eigenvalue weighted by Gasteiger charge is 2.24. The smallest absolute Gasteiger partial charge is 0.296 e. The number of para-hydroxylation sites is 2. The third-order valence-electron chi connectivity index (χ3n) is 3.59. The number of aryl methyl sites for hydroxylation is 1. The highest BCUT2D eigenvalue weighted by atomic mass is 16.2. The summed E-state index contributed by atoms with van der Waals surface area (Å²) in [6, 6.07) is 7.54. The second-order valence-corrected chi connectivity index (χ2v) is 5.62. The van der Waals surface area contributed by atoms with E-state index in [1.807, 2.05) is 43.3 Å². The Balaban J connectivity index is 2.25. The van der Waals surface area contributed by atoms with Gasteiger partial charge >= 0.3 is 0 Å². The van der Waals surface area contributed by atoms with Crippen LogP contribution in [0.4, 0.5) is 0 Å². The minimum absolute atomic E-state index is 0.254. The van der Waals surface area contributed by atoms with Crippen LogP contribution in [-0.2, 0) is 11.8 Å². The molecule has 0 aliphatic heterocycles. The van der Waals surface area contributed by atoms with Crippen molar-refractivity contribution in [1.82, 2.24) is 19.4 Å². The molecule has 118 valence electrons. The van der Waals surface area contributed by atoms with Crippen molar-refractivity contribution in [2.24, 2.45) is 7.05 Å². The number of carbonyl (C=O) groups is 2. The summed E-state index contributed by atoms with van der Waals surface area (Å²) in [4.78, 5) is 32.1. The predicted molar refractivity (Wildman–Crippen MR) is 85.6 cm³/mol. The van der Waals surface area contributed by atoms with Crippen LogP contribution in [0.1, 0.15) is 24.0 Å². The van der Waals surface area contributed by atoms with Gasteiger partial charge in [-0.1, -0.05) is 12.1 Å². The molecule has 6 nitrogen and oxygen atoms in total. The molecule has 6 heteroatoms. The maximum atomic E-state index is 12.7. The van der Waals surface area contributed by atoms with E-state index in [-0.39, 0.29) is 11.8 Å². The molecule has 22 heavy (non-hydrogen) atoms. The largest absolute Gasteiger partial charge is 0.323 e. The fraction of sp³-hybridized carbons (Fsp3) is 0.438. The Morgan fingerprint density at radius 3 is 2.45 bits per heavy atom. The highest BCUT2D eigenvalue weighted by molar-refractivity contribution is 6.03. The summed E-state index contributed by atoms with van der Waals surface area (Å²) in [6.07, 6.45) is 0.738. The molecule has 0 N–H and O–H groups in total. The SMILES string of the molecule is CC(=O)N(CCCN(C)C)C(=O)c1nc2ccccc2n1C. The number of aromatic nitrogens is 2. The lowest BCUT2D eigenvalue weighted by Crippen LogP contribution is -2.38. The summed E-state index contributed by atoms with van der Waals surface area (Å²) in [7, 11) is 5.72. The third-order valence-corrected chi connectivity index (χ3v) is 3.59. The van der Waals surface area contributed by atoms with Gasteiger partial charge in [-0.3, -0.25) is 14.5 Å². The molecule has 2 amide bonds. The summed E-state index contributed by atoms with van der Waals surface area (Å²) in [6.45, 7) is 2.63. The van der Waals surface area contributed by atoms with Gasteiger partial charge in [-0.15, -0.1) is 0 Å². The van der Waals surface area contributed by atoms with Crippen LogP contribution in [0.2, 0.25) is 0 Å². The molecule has 0 radical (unpaired) electrons. The minimum Gasteiger partial charge on any atom is -0.323 e. The van der Waals surface area contributed by atoms with Crippen LogP contribution < -0.4 is 0 Å². The van der Waals surface area contributed by atoms with E-state index in [1.54, 1.807) is 11.6 Å².